The minimum Gasteiger partial charge on any atom is -0.310 e. The summed E-state index contributed by atoms with van der Waals surface area (Å²) >= 11 is 0. The topological polar surface area (TPSA) is 15.3 Å². The van der Waals surface area contributed by atoms with Crippen molar-refractivity contribution in [1.29, 1.82) is 0 Å². The van der Waals surface area contributed by atoms with Gasteiger partial charge in [0.1, 0.15) is 0 Å². The van der Waals surface area contributed by atoms with Crippen LogP contribution in [0.5, 0.6) is 0 Å². The SMILES string of the molecule is CC1CCNC2(CCCC2)CN1CCCC(F)(F)F. The zero-order valence-corrected chi connectivity index (χ0v) is 11.7. The fraction of sp³-hybridized carbons (Fsp3) is 1.00. The molecule has 1 aliphatic carbocycles. The molecule has 1 N–H and O–H groups in total. The lowest BCUT2D eigenvalue weighted by molar-refractivity contribution is -0.136. The Hall–Kier alpha value is -0.290. The number of nitrogens with zero attached hydrogens (tertiary/aromatic N) is 1. The quantitative estimate of drug-likeness (QED) is 0.852. The maximum absolute atomic E-state index is 12.3. The summed E-state index contributed by atoms with van der Waals surface area (Å²) < 4.78 is 36.8. The molecule has 1 saturated heterocycles. The van der Waals surface area contributed by atoms with Gasteiger partial charge in [0.05, 0.1) is 0 Å². The molecule has 0 aromatic carbocycles. The Morgan fingerprint density at radius 1 is 1.26 bits per heavy atom. The van der Waals surface area contributed by atoms with Gasteiger partial charge >= 0.3 is 6.18 Å². The smallest absolute Gasteiger partial charge is 0.310 e. The zero-order chi connectivity index (χ0) is 13.9. The van der Waals surface area contributed by atoms with E-state index in [1.807, 2.05) is 0 Å². The summed E-state index contributed by atoms with van der Waals surface area (Å²) in [5.41, 5.74) is 0.184. The molecule has 0 amide bonds. The van der Waals surface area contributed by atoms with E-state index < -0.39 is 12.6 Å². The van der Waals surface area contributed by atoms with Crippen LogP contribution in [0.15, 0.2) is 0 Å². The summed E-state index contributed by atoms with van der Waals surface area (Å²) in [5.74, 6) is 0. The van der Waals surface area contributed by atoms with Gasteiger partial charge in [-0.2, -0.15) is 13.2 Å². The maximum atomic E-state index is 12.3. The predicted octanol–water partition coefficient (Wildman–Crippen LogP) is 3.33. The second kappa shape index (κ2) is 6.00. The van der Waals surface area contributed by atoms with E-state index in [1.165, 1.54) is 25.7 Å². The van der Waals surface area contributed by atoms with Crippen LogP contribution in [0.1, 0.15) is 51.9 Å². The average molecular weight is 278 g/mol. The van der Waals surface area contributed by atoms with Gasteiger partial charge in [0.25, 0.3) is 0 Å². The van der Waals surface area contributed by atoms with Crippen molar-refractivity contribution in [2.75, 3.05) is 19.6 Å². The van der Waals surface area contributed by atoms with Crippen molar-refractivity contribution in [3.8, 4) is 0 Å². The lowest BCUT2D eigenvalue weighted by Crippen LogP contribution is -2.50. The number of alkyl halides is 3. The first-order valence-electron chi connectivity index (χ1n) is 7.46. The molecule has 1 aliphatic heterocycles. The average Bonchev–Trinajstić information content (AvgIpc) is 2.68. The van der Waals surface area contributed by atoms with Crippen LogP contribution in [-0.2, 0) is 0 Å². The highest BCUT2D eigenvalue weighted by Gasteiger charge is 2.38. The Morgan fingerprint density at radius 3 is 2.58 bits per heavy atom. The third kappa shape index (κ3) is 4.35. The van der Waals surface area contributed by atoms with Crippen molar-refractivity contribution in [1.82, 2.24) is 10.2 Å². The van der Waals surface area contributed by atoms with Crippen molar-refractivity contribution >= 4 is 0 Å². The molecule has 0 radical (unpaired) electrons. The summed E-state index contributed by atoms with van der Waals surface area (Å²) in [6.07, 6.45) is 1.44. The predicted molar refractivity (Wildman–Crippen MR) is 70.1 cm³/mol. The maximum Gasteiger partial charge on any atom is 0.389 e. The minimum atomic E-state index is -4.02. The number of rotatable bonds is 3. The summed E-state index contributed by atoms with van der Waals surface area (Å²) in [7, 11) is 0. The number of hydrogen-bond acceptors (Lipinski definition) is 2. The molecule has 0 aromatic heterocycles. The third-order valence-electron chi connectivity index (χ3n) is 4.66. The van der Waals surface area contributed by atoms with Crippen LogP contribution in [0.25, 0.3) is 0 Å². The van der Waals surface area contributed by atoms with E-state index in [0.717, 1.165) is 19.5 Å². The van der Waals surface area contributed by atoms with E-state index in [-0.39, 0.29) is 12.0 Å². The molecule has 19 heavy (non-hydrogen) atoms. The number of nitrogens with one attached hydrogen (secondary N) is 1. The summed E-state index contributed by atoms with van der Waals surface area (Å²) in [6, 6.07) is 0.390. The Bertz CT molecular complexity index is 285. The van der Waals surface area contributed by atoms with Gasteiger partial charge in [0.15, 0.2) is 0 Å². The van der Waals surface area contributed by atoms with Crippen LogP contribution < -0.4 is 5.32 Å². The monoisotopic (exact) mass is 278 g/mol. The van der Waals surface area contributed by atoms with E-state index >= 15 is 0 Å². The summed E-state index contributed by atoms with van der Waals surface area (Å²) in [5, 5.41) is 3.66. The molecule has 2 rings (SSSR count). The van der Waals surface area contributed by atoms with E-state index in [4.69, 9.17) is 0 Å². The molecule has 2 fully saturated rings. The van der Waals surface area contributed by atoms with E-state index in [0.29, 0.717) is 12.6 Å². The van der Waals surface area contributed by atoms with Gasteiger partial charge in [0.2, 0.25) is 0 Å². The van der Waals surface area contributed by atoms with Crippen molar-refractivity contribution in [2.45, 2.75) is 69.6 Å². The molecule has 2 aliphatic rings. The van der Waals surface area contributed by atoms with Crippen LogP contribution >= 0.6 is 0 Å². The molecular formula is C14H25F3N2. The molecule has 1 spiro atoms. The highest BCUT2D eigenvalue weighted by Crippen LogP contribution is 2.33. The molecular weight excluding hydrogens is 253 g/mol. The third-order valence-corrected chi connectivity index (χ3v) is 4.66. The summed E-state index contributed by atoms with van der Waals surface area (Å²) in [6.45, 7) is 4.64. The van der Waals surface area contributed by atoms with Crippen LogP contribution in [-0.4, -0.2) is 42.3 Å². The number of halogens is 3. The number of hydrogen-bond donors (Lipinski definition) is 1. The van der Waals surface area contributed by atoms with Crippen LogP contribution in [0.4, 0.5) is 13.2 Å². The van der Waals surface area contributed by atoms with E-state index in [1.54, 1.807) is 0 Å². The molecule has 1 saturated carbocycles. The summed E-state index contributed by atoms with van der Waals surface area (Å²) in [4.78, 5) is 2.27. The molecule has 1 atom stereocenters. The largest absolute Gasteiger partial charge is 0.389 e. The van der Waals surface area contributed by atoms with Gasteiger partial charge in [-0.1, -0.05) is 12.8 Å². The Labute approximate surface area is 113 Å². The van der Waals surface area contributed by atoms with Gasteiger partial charge in [-0.25, -0.2) is 0 Å². The first kappa shape index (κ1) is 15.1. The molecule has 5 heteroatoms. The minimum absolute atomic E-state index is 0.184. The van der Waals surface area contributed by atoms with Gasteiger partial charge in [-0.3, -0.25) is 4.90 Å². The first-order chi connectivity index (χ1) is 8.90. The van der Waals surface area contributed by atoms with Crippen LogP contribution in [0.2, 0.25) is 0 Å². The fourth-order valence-electron chi connectivity index (χ4n) is 3.50. The van der Waals surface area contributed by atoms with Crippen molar-refractivity contribution in [2.24, 2.45) is 0 Å². The van der Waals surface area contributed by atoms with Crippen LogP contribution in [0, 0.1) is 0 Å². The second-order valence-corrected chi connectivity index (χ2v) is 6.24. The van der Waals surface area contributed by atoms with Gasteiger partial charge < -0.3 is 5.32 Å². The van der Waals surface area contributed by atoms with E-state index in [2.05, 4.69) is 17.1 Å². The highest BCUT2D eigenvalue weighted by atomic mass is 19.4. The zero-order valence-electron chi connectivity index (χ0n) is 11.7. The van der Waals surface area contributed by atoms with E-state index in [9.17, 15) is 13.2 Å². The highest BCUT2D eigenvalue weighted by molar-refractivity contribution is 4.98. The molecule has 112 valence electrons. The normalized spacial score (nSPS) is 28.7. The molecule has 0 bridgehead atoms. The van der Waals surface area contributed by atoms with Crippen molar-refractivity contribution in [3.63, 3.8) is 0 Å². The second-order valence-electron chi connectivity index (χ2n) is 6.24. The lowest BCUT2D eigenvalue weighted by Gasteiger charge is -2.35. The Morgan fingerprint density at radius 2 is 1.95 bits per heavy atom. The lowest BCUT2D eigenvalue weighted by atomic mass is 9.97. The van der Waals surface area contributed by atoms with Crippen LogP contribution in [0.3, 0.4) is 0 Å². The Kier molecular flexibility index (Phi) is 4.77. The molecule has 1 unspecified atom stereocenters. The molecule has 2 nitrogen and oxygen atoms in total. The first-order valence-corrected chi connectivity index (χ1v) is 7.46. The van der Waals surface area contributed by atoms with Gasteiger partial charge in [0, 0.05) is 24.5 Å². The van der Waals surface area contributed by atoms with Gasteiger partial charge in [-0.05, 0) is 45.7 Å². The van der Waals surface area contributed by atoms with Gasteiger partial charge in [-0.15, -0.1) is 0 Å². The fourth-order valence-corrected chi connectivity index (χ4v) is 3.50. The standard InChI is InChI=1S/C14H25F3N2/c1-12-5-9-18-13(6-2-3-7-13)11-19(12)10-4-8-14(15,16)17/h12,18H,2-11H2,1H3. The molecule has 1 heterocycles. The Balaban J connectivity index is 1.89. The molecule has 0 aromatic rings. The van der Waals surface area contributed by atoms with Crippen molar-refractivity contribution in [3.05, 3.63) is 0 Å². The van der Waals surface area contributed by atoms with Crippen molar-refractivity contribution < 1.29 is 13.2 Å².